The third-order valence-corrected chi connectivity index (χ3v) is 5.65. The third kappa shape index (κ3) is 3.86. The molecule has 4 rings (SSSR count). The minimum absolute atomic E-state index is 0.00753. The van der Waals surface area contributed by atoms with Gasteiger partial charge in [-0.25, -0.2) is 4.98 Å². The molecule has 2 aliphatic rings. The van der Waals surface area contributed by atoms with Crippen molar-refractivity contribution in [1.29, 1.82) is 0 Å². The summed E-state index contributed by atoms with van der Waals surface area (Å²) in [5, 5.41) is 0. The molecule has 1 atom stereocenters. The molecule has 0 radical (unpaired) electrons. The van der Waals surface area contributed by atoms with Crippen LogP contribution in [0.3, 0.4) is 0 Å². The summed E-state index contributed by atoms with van der Waals surface area (Å²) < 4.78 is 0. The number of piperidine rings is 2. The summed E-state index contributed by atoms with van der Waals surface area (Å²) in [4.78, 5) is 41.0. The molecule has 0 aromatic carbocycles. The Bertz CT molecular complexity index is 769. The van der Waals surface area contributed by atoms with Gasteiger partial charge in [-0.3, -0.25) is 14.6 Å². The predicted molar refractivity (Wildman–Crippen MR) is 100 cm³/mol. The number of amides is 2. The smallest absolute Gasteiger partial charge is 0.272 e. The highest BCUT2D eigenvalue weighted by atomic mass is 16.2. The summed E-state index contributed by atoms with van der Waals surface area (Å²) in [7, 11) is 0. The molecular formula is C20H25N5O2. The maximum Gasteiger partial charge on any atom is 0.272 e. The maximum atomic E-state index is 13.0. The van der Waals surface area contributed by atoms with E-state index in [0.29, 0.717) is 24.7 Å². The van der Waals surface area contributed by atoms with Crippen molar-refractivity contribution in [2.45, 2.75) is 31.6 Å². The Labute approximate surface area is 158 Å². The third-order valence-electron chi connectivity index (χ3n) is 5.65. The second kappa shape index (κ2) is 7.90. The first-order valence-corrected chi connectivity index (χ1v) is 9.71. The molecule has 27 heavy (non-hydrogen) atoms. The lowest BCUT2D eigenvalue weighted by Crippen LogP contribution is -2.47. The Kier molecular flexibility index (Phi) is 5.18. The predicted octanol–water partition coefficient (Wildman–Crippen LogP) is 2.06. The standard InChI is InChI=1S/C20H25N5O2/c26-19(25-11-3-4-16(14-25)18-22-9-10-23-18)15-6-12-24(13-7-15)20(27)17-5-1-2-8-21-17/h1-2,5,8-10,15-16H,3-4,6-7,11-14H2,(H,22,23). The number of rotatable bonds is 3. The van der Waals surface area contributed by atoms with Gasteiger partial charge in [-0.1, -0.05) is 6.07 Å². The number of carbonyl (C=O) groups is 2. The second-order valence-electron chi connectivity index (χ2n) is 7.38. The van der Waals surface area contributed by atoms with Crippen LogP contribution in [0.4, 0.5) is 0 Å². The number of nitrogens with zero attached hydrogens (tertiary/aromatic N) is 4. The molecule has 0 aliphatic carbocycles. The van der Waals surface area contributed by atoms with Crippen molar-refractivity contribution in [2.24, 2.45) is 5.92 Å². The van der Waals surface area contributed by atoms with Gasteiger partial charge in [-0.15, -0.1) is 0 Å². The number of aromatic nitrogens is 3. The van der Waals surface area contributed by atoms with Crippen LogP contribution >= 0.6 is 0 Å². The number of nitrogens with one attached hydrogen (secondary N) is 1. The van der Waals surface area contributed by atoms with Gasteiger partial charge in [0.2, 0.25) is 5.91 Å². The van der Waals surface area contributed by atoms with E-state index in [1.807, 2.05) is 22.1 Å². The van der Waals surface area contributed by atoms with E-state index in [1.165, 1.54) is 0 Å². The Morgan fingerprint density at radius 2 is 1.85 bits per heavy atom. The van der Waals surface area contributed by atoms with Crippen LogP contribution in [-0.2, 0) is 4.79 Å². The van der Waals surface area contributed by atoms with Crippen molar-refractivity contribution >= 4 is 11.8 Å². The number of imidazole rings is 1. The van der Waals surface area contributed by atoms with Gasteiger partial charge < -0.3 is 14.8 Å². The fourth-order valence-electron chi connectivity index (χ4n) is 4.14. The summed E-state index contributed by atoms with van der Waals surface area (Å²) in [6.45, 7) is 2.78. The number of hydrogen-bond acceptors (Lipinski definition) is 4. The van der Waals surface area contributed by atoms with Gasteiger partial charge in [0.1, 0.15) is 11.5 Å². The number of H-pyrrole nitrogens is 1. The van der Waals surface area contributed by atoms with E-state index < -0.39 is 0 Å². The first-order valence-electron chi connectivity index (χ1n) is 9.71. The van der Waals surface area contributed by atoms with E-state index in [1.54, 1.807) is 24.5 Å². The quantitative estimate of drug-likeness (QED) is 0.900. The SMILES string of the molecule is O=C(c1ccccn1)N1CCC(C(=O)N2CCCC(c3ncc[nH]3)C2)CC1. The molecule has 7 heteroatoms. The van der Waals surface area contributed by atoms with Gasteiger partial charge in [-0.2, -0.15) is 0 Å². The van der Waals surface area contributed by atoms with Crippen molar-refractivity contribution in [3.63, 3.8) is 0 Å². The van der Waals surface area contributed by atoms with Gasteiger partial charge in [-0.05, 0) is 37.8 Å². The number of hydrogen-bond donors (Lipinski definition) is 1. The monoisotopic (exact) mass is 367 g/mol. The molecule has 0 bridgehead atoms. The minimum Gasteiger partial charge on any atom is -0.348 e. The maximum absolute atomic E-state index is 13.0. The second-order valence-corrected chi connectivity index (χ2v) is 7.38. The summed E-state index contributed by atoms with van der Waals surface area (Å²) >= 11 is 0. The summed E-state index contributed by atoms with van der Waals surface area (Å²) in [5.74, 6) is 1.47. The van der Waals surface area contributed by atoms with Gasteiger partial charge in [0, 0.05) is 56.6 Å². The molecule has 2 fully saturated rings. The Balaban J connectivity index is 1.32. The molecule has 7 nitrogen and oxygen atoms in total. The van der Waals surface area contributed by atoms with Crippen molar-refractivity contribution in [3.8, 4) is 0 Å². The van der Waals surface area contributed by atoms with Crippen LogP contribution in [0.5, 0.6) is 0 Å². The molecular weight excluding hydrogens is 342 g/mol. The lowest BCUT2D eigenvalue weighted by atomic mass is 9.92. The zero-order valence-electron chi connectivity index (χ0n) is 15.4. The average Bonchev–Trinajstić information content (AvgIpc) is 3.29. The zero-order chi connectivity index (χ0) is 18.6. The van der Waals surface area contributed by atoms with Crippen LogP contribution in [0.2, 0.25) is 0 Å². The normalized spacial score (nSPS) is 21.3. The zero-order valence-corrected chi connectivity index (χ0v) is 15.4. The highest BCUT2D eigenvalue weighted by Gasteiger charge is 2.33. The van der Waals surface area contributed by atoms with E-state index in [4.69, 9.17) is 0 Å². The van der Waals surface area contributed by atoms with E-state index in [0.717, 1.165) is 44.6 Å². The van der Waals surface area contributed by atoms with Crippen LogP contribution in [0, 0.1) is 5.92 Å². The highest BCUT2D eigenvalue weighted by Crippen LogP contribution is 2.28. The van der Waals surface area contributed by atoms with Crippen molar-refractivity contribution in [2.75, 3.05) is 26.2 Å². The summed E-state index contributed by atoms with van der Waals surface area (Å²) in [5.41, 5.74) is 0.472. The van der Waals surface area contributed by atoms with Crippen LogP contribution in [0.1, 0.15) is 47.9 Å². The molecule has 142 valence electrons. The van der Waals surface area contributed by atoms with Gasteiger partial charge >= 0.3 is 0 Å². The molecule has 2 amide bonds. The van der Waals surface area contributed by atoms with E-state index in [2.05, 4.69) is 15.0 Å². The van der Waals surface area contributed by atoms with Crippen molar-refractivity contribution in [3.05, 3.63) is 48.3 Å². The van der Waals surface area contributed by atoms with E-state index in [9.17, 15) is 9.59 Å². The fourth-order valence-corrected chi connectivity index (χ4v) is 4.14. The lowest BCUT2D eigenvalue weighted by Gasteiger charge is -2.37. The molecule has 4 heterocycles. The molecule has 0 saturated carbocycles. The van der Waals surface area contributed by atoms with Crippen LogP contribution in [-0.4, -0.2) is 62.7 Å². The highest BCUT2D eigenvalue weighted by molar-refractivity contribution is 5.92. The molecule has 2 aromatic heterocycles. The number of likely N-dealkylation sites (tertiary alicyclic amines) is 2. The molecule has 2 aliphatic heterocycles. The molecule has 2 aromatic rings. The van der Waals surface area contributed by atoms with Gasteiger partial charge in [0.25, 0.3) is 5.91 Å². The average molecular weight is 367 g/mol. The molecule has 2 saturated heterocycles. The lowest BCUT2D eigenvalue weighted by molar-refractivity contribution is -0.138. The van der Waals surface area contributed by atoms with Gasteiger partial charge in [0.05, 0.1) is 0 Å². The first-order chi connectivity index (χ1) is 13.2. The van der Waals surface area contributed by atoms with Crippen molar-refractivity contribution < 1.29 is 9.59 Å². The number of aromatic amines is 1. The van der Waals surface area contributed by atoms with Crippen molar-refractivity contribution in [1.82, 2.24) is 24.8 Å². The Morgan fingerprint density at radius 1 is 1.00 bits per heavy atom. The first kappa shape index (κ1) is 17.7. The fraction of sp³-hybridized carbons (Fsp3) is 0.500. The largest absolute Gasteiger partial charge is 0.348 e. The Hall–Kier alpha value is -2.70. The molecule has 1 N–H and O–H groups in total. The van der Waals surface area contributed by atoms with Crippen LogP contribution in [0.15, 0.2) is 36.8 Å². The van der Waals surface area contributed by atoms with E-state index in [-0.39, 0.29) is 17.7 Å². The number of carbonyl (C=O) groups excluding carboxylic acids is 2. The van der Waals surface area contributed by atoms with Crippen LogP contribution < -0.4 is 0 Å². The van der Waals surface area contributed by atoms with Crippen LogP contribution in [0.25, 0.3) is 0 Å². The molecule has 0 spiro atoms. The Morgan fingerprint density at radius 3 is 2.56 bits per heavy atom. The van der Waals surface area contributed by atoms with E-state index >= 15 is 0 Å². The summed E-state index contributed by atoms with van der Waals surface area (Å²) in [6.07, 6.45) is 8.76. The number of pyridine rings is 1. The van der Waals surface area contributed by atoms with Gasteiger partial charge in [0.15, 0.2) is 0 Å². The summed E-state index contributed by atoms with van der Waals surface area (Å²) in [6, 6.07) is 5.36. The molecule has 1 unspecified atom stereocenters. The minimum atomic E-state index is -0.0441. The topological polar surface area (TPSA) is 82.2 Å².